The topological polar surface area (TPSA) is 87.3 Å². The standard InChI is InChI=1S/C22H23N3O3S/c1-15-8-6-13-20(16(15)2)24-21-12-5-4-11-19(21)22(26)23-17-9-7-10-18(14-17)25-29(3,27)28/h4-14,24-25H,1-3H3,(H,23,26). The van der Waals surface area contributed by atoms with Crippen molar-refractivity contribution in [2.45, 2.75) is 13.8 Å². The minimum atomic E-state index is -3.40. The second-order valence-corrected chi connectivity index (χ2v) is 8.58. The molecule has 0 aromatic heterocycles. The molecule has 7 heteroatoms. The maximum atomic E-state index is 12.9. The molecule has 0 atom stereocenters. The first kappa shape index (κ1) is 20.4. The monoisotopic (exact) mass is 409 g/mol. The van der Waals surface area contributed by atoms with E-state index in [-0.39, 0.29) is 5.91 Å². The lowest BCUT2D eigenvalue weighted by molar-refractivity contribution is 0.102. The predicted octanol–water partition coefficient (Wildman–Crippen LogP) is 4.67. The summed E-state index contributed by atoms with van der Waals surface area (Å²) >= 11 is 0. The van der Waals surface area contributed by atoms with Crippen molar-refractivity contribution in [3.05, 3.63) is 83.4 Å². The molecular weight excluding hydrogens is 386 g/mol. The van der Waals surface area contributed by atoms with E-state index in [1.807, 2.05) is 44.2 Å². The van der Waals surface area contributed by atoms with Gasteiger partial charge in [0.2, 0.25) is 10.0 Å². The Morgan fingerprint density at radius 2 is 1.48 bits per heavy atom. The molecule has 0 spiro atoms. The Hall–Kier alpha value is -3.32. The number of rotatable bonds is 6. The van der Waals surface area contributed by atoms with Crippen molar-refractivity contribution in [3.63, 3.8) is 0 Å². The highest BCUT2D eigenvalue weighted by Gasteiger charge is 2.13. The van der Waals surface area contributed by atoms with Crippen LogP contribution in [0.25, 0.3) is 0 Å². The first-order valence-electron chi connectivity index (χ1n) is 9.04. The molecule has 150 valence electrons. The van der Waals surface area contributed by atoms with E-state index in [4.69, 9.17) is 0 Å². The molecule has 29 heavy (non-hydrogen) atoms. The van der Waals surface area contributed by atoms with E-state index in [9.17, 15) is 13.2 Å². The van der Waals surface area contributed by atoms with E-state index < -0.39 is 10.0 Å². The van der Waals surface area contributed by atoms with E-state index in [0.29, 0.717) is 22.6 Å². The number of hydrogen-bond acceptors (Lipinski definition) is 4. The number of hydrogen-bond donors (Lipinski definition) is 3. The third-order valence-corrected chi connectivity index (χ3v) is 5.08. The van der Waals surface area contributed by atoms with E-state index in [1.165, 1.54) is 0 Å². The fourth-order valence-corrected chi connectivity index (χ4v) is 3.45. The summed E-state index contributed by atoms with van der Waals surface area (Å²) in [6.45, 7) is 4.07. The van der Waals surface area contributed by atoms with Crippen LogP contribution in [-0.2, 0) is 10.0 Å². The Bertz CT molecular complexity index is 1160. The van der Waals surface area contributed by atoms with Crippen molar-refractivity contribution >= 4 is 38.7 Å². The molecule has 0 saturated heterocycles. The average molecular weight is 410 g/mol. The number of carbonyl (C=O) groups is 1. The largest absolute Gasteiger partial charge is 0.355 e. The van der Waals surface area contributed by atoms with Crippen molar-refractivity contribution in [3.8, 4) is 0 Å². The average Bonchev–Trinajstić information content (AvgIpc) is 2.65. The molecule has 6 nitrogen and oxygen atoms in total. The van der Waals surface area contributed by atoms with Crippen LogP contribution in [0.3, 0.4) is 0 Å². The molecule has 0 unspecified atom stereocenters. The Balaban J connectivity index is 1.84. The zero-order chi connectivity index (χ0) is 21.0. The van der Waals surface area contributed by atoms with Gasteiger partial charge < -0.3 is 10.6 Å². The van der Waals surface area contributed by atoms with Crippen LogP contribution in [0, 0.1) is 13.8 Å². The van der Waals surface area contributed by atoms with Gasteiger partial charge in [-0.2, -0.15) is 0 Å². The fraction of sp³-hybridized carbons (Fsp3) is 0.136. The molecule has 3 aromatic rings. The summed E-state index contributed by atoms with van der Waals surface area (Å²) in [5, 5.41) is 6.16. The molecule has 0 aliphatic rings. The number of benzene rings is 3. The lowest BCUT2D eigenvalue weighted by Crippen LogP contribution is -2.14. The first-order chi connectivity index (χ1) is 13.7. The highest BCUT2D eigenvalue weighted by Crippen LogP contribution is 2.26. The molecule has 0 saturated carbocycles. The zero-order valence-electron chi connectivity index (χ0n) is 16.5. The van der Waals surface area contributed by atoms with Crippen LogP contribution in [-0.4, -0.2) is 20.6 Å². The summed E-state index contributed by atoms with van der Waals surface area (Å²) in [5.74, 6) is -0.296. The van der Waals surface area contributed by atoms with Crippen LogP contribution in [0.15, 0.2) is 66.7 Å². The molecule has 0 bridgehead atoms. The van der Waals surface area contributed by atoms with Gasteiger partial charge in [-0.15, -0.1) is 0 Å². The van der Waals surface area contributed by atoms with Gasteiger partial charge in [0.1, 0.15) is 0 Å². The molecule has 0 fully saturated rings. The lowest BCUT2D eigenvalue weighted by Gasteiger charge is -2.15. The Labute approximate surface area is 171 Å². The summed E-state index contributed by atoms with van der Waals surface area (Å²) in [7, 11) is -3.40. The number of sulfonamides is 1. The predicted molar refractivity (Wildman–Crippen MR) is 119 cm³/mol. The van der Waals surface area contributed by atoms with Gasteiger partial charge in [-0.3, -0.25) is 9.52 Å². The summed E-state index contributed by atoms with van der Waals surface area (Å²) in [5.41, 5.74) is 5.25. The van der Waals surface area contributed by atoms with E-state index >= 15 is 0 Å². The van der Waals surface area contributed by atoms with Crippen molar-refractivity contribution in [1.29, 1.82) is 0 Å². The molecule has 0 radical (unpaired) electrons. The lowest BCUT2D eigenvalue weighted by atomic mass is 10.1. The third kappa shape index (κ3) is 5.36. The van der Waals surface area contributed by atoms with Crippen LogP contribution in [0.4, 0.5) is 22.7 Å². The molecule has 3 aromatic carbocycles. The Kier molecular flexibility index (Phi) is 5.89. The number of aryl methyl sites for hydroxylation is 1. The summed E-state index contributed by atoms with van der Waals surface area (Å²) in [6, 6.07) is 19.8. The maximum absolute atomic E-state index is 12.9. The van der Waals surface area contributed by atoms with Crippen molar-refractivity contribution in [2.75, 3.05) is 21.6 Å². The maximum Gasteiger partial charge on any atom is 0.257 e. The quantitative estimate of drug-likeness (QED) is 0.552. The van der Waals surface area contributed by atoms with Crippen molar-refractivity contribution < 1.29 is 13.2 Å². The second kappa shape index (κ2) is 8.36. The van der Waals surface area contributed by atoms with E-state index in [0.717, 1.165) is 23.1 Å². The van der Waals surface area contributed by atoms with Gasteiger partial charge in [-0.05, 0) is 61.4 Å². The van der Waals surface area contributed by atoms with Crippen LogP contribution >= 0.6 is 0 Å². The first-order valence-corrected chi connectivity index (χ1v) is 10.9. The van der Waals surface area contributed by atoms with Crippen molar-refractivity contribution in [2.24, 2.45) is 0 Å². The SMILES string of the molecule is Cc1cccc(Nc2ccccc2C(=O)Nc2cccc(NS(C)(=O)=O)c2)c1C. The van der Waals surface area contributed by atoms with Gasteiger partial charge in [0, 0.05) is 11.4 Å². The number of nitrogens with one attached hydrogen (secondary N) is 3. The van der Waals surface area contributed by atoms with Crippen LogP contribution in [0.5, 0.6) is 0 Å². The molecular formula is C22H23N3O3S. The molecule has 0 heterocycles. The van der Waals surface area contributed by atoms with E-state index in [1.54, 1.807) is 36.4 Å². The highest BCUT2D eigenvalue weighted by atomic mass is 32.2. The van der Waals surface area contributed by atoms with Crippen LogP contribution in [0.1, 0.15) is 21.5 Å². The van der Waals surface area contributed by atoms with Gasteiger partial charge in [0.05, 0.1) is 23.2 Å². The number of anilines is 4. The molecule has 1 amide bonds. The van der Waals surface area contributed by atoms with Gasteiger partial charge >= 0.3 is 0 Å². The van der Waals surface area contributed by atoms with Crippen LogP contribution < -0.4 is 15.4 Å². The van der Waals surface area contributed by atoms with Crippen LogP contribution in [0.2, 0.25) is 0 Å². The fourth-order valence-electron chi connectivity index (χ4n) is 2.89. The zero-order valence-corrected chi connectivity index (χ0v) is 17.3. The molecule has 3 rings (SSSR count). The molecule has 0 aliphatic carbocycles. The Morgan fingerprint density at radius 1 is 0.828 bits per heavy atom. The van der Waals surface area contributed by atoms with Gasteiger partial charge in [0.25, 0.3) is 5.91 Å². The number of para-hydroxylation sites is 1. The minimum absolute atomic E-state index is 0.296. The summed E-state index contributed by atoms with van der Waals surface area (Å²) in [6.07, 6.45) is 1.08. The number of amides is 1. The summed E-state index contributed by atoms with van der Waals surface area (Å²) < 4.78 is 25.2. The molecule has 3 N–H and O–H groups in total. The van der Waals surface area contributed by atoms with E-state index in [2.05, 4.69) is 15.4 Å². The minimum Gasteiger partial charge on any atom is -0.355 e. The number of carbonyl (C=O) groups excluding carboxylic acids is 1. The normalized spacial score (nSPS) is 11.0. The van der Waals surface area contributed by atoms with Gasteiger partial charge in [-0.25, -0.2) is 8.42 Å². The van der Waals surface area contributed by atoms with Gasteiger partial charge in [-0.1, -0.05) is 30.3 Å². The second-order valence-electron chi connectivity index (χ2n) is 6.83. The Morgan fingerprint density at radius 3 is 2.24 bits per heavy atom. The highest BCUT2D eigenvalue weighted by molar-refractivity contribution is 7.92. The van der Waals surface area contributed by atoms with Gasteiger partial charge in [0.15, 0.2) is 0 Å². The van der Waals surface area contributed by atoms with Crippen molar-refractivity contribution in [1.82, 2.24) is 0 Å². The summed E-state index contributed by atoms with van der Waals surface area (Å²) in [4.78, 5) is 12.9. The third-order valence-electron chi connectivity index (χ3n) is 4.47. The molecule has 0 aliphatic heterocycles. The smallest absolute Gasteiger partial charge is 0.257 e.